The van der Waals surface area contributed by atoms with Crippen LogP contribution in [0.3, 0.4) is 0 Å². The SMILES string of the molecule is CC(C)(C)c1cc(-c2nnc(C(F)(F)F)c3c(F)c4ccccc4cc23)cc2ccccc12. The number of alkyl halides is 3. The first-order chi connectivity index (χ1) is 15.6. The number of rotatable bonds is 1. The van der Waals surface area contributed by atoms with Gasteiger partial charge < -0.3 is 0 Å². The minimum Gasteiger partial charge on any atom is -0.206 e. The van der Waals surface area contributed by atoms with Crippen LogP contribution in [0.5, 0.6) is 0 Å². The van der Waals surface area contributed by atoms with Gasteiger partial charge in [-0.1, -0.05) is 69.3 Å². The van der Waals surface area contributed by atoms with E-state index in [1.807, 2.05) is 36.4 Å². The Morgan fingerprint density at radius 1 is 0.697 bits per heavy atom. The number of fused-ring (bicyclic) bond motifs is 3. The molecule has 1 aromatic heterocycles. The normalized spacial score (nSPS) is 12.7. The summed E-state index contributed by atoms with van der Waals surface area (Å²) in [6.07, 6.45) is -4.84. The molecule has 0 aliphatic carbocycles. The van der Waals surface area contributed by atoms with E-state index in [4.69, 9.17) is 0 Å². The molecule has 0 bridgehead atoms. The lowest BCUT2D eigenvalue weighted by atomic mass is 9.82. The van der Waals surface area contributed by atoms with Crippen LogP contribution in [-0.2, 0) is 11.6 Å². The van der Waals surface area contributed by atoms with Gasteiger partial charge in [0, 0.05) is 16.3 Å². The van der Waals surface area contributed by atoms with Gasteiger partial charge in [-0.15, -0.1) is 10.2 Å². The Morgan fingerprint density at radius 2 is 1.30 bits per heavy atom. The zero-order valence-electron chi connectivity index (χ0n) is 18.3. The molecule has 0 spiro atoms. The molecular formula is C27H20F4N2. The Kier molecular flexibility index (Phi) is 4.67. The average Bonchev–Trinajstić information content (AvgIpc) is 2.76. The molecule has 0 radical (unpaired) electrons. The second kappa shape index (κ2) is 7.24. The molecule has 5 aromatic rings. The number of hydrogen-bond acceptors (Lipinski definition) is 2. The highest BCUT2D eigenvalue weighted by Gasteiger charge is 2.37. The monoisotopic (exact) mass is 448 g/mol. The molecule has 33 heavy (non-hydrogen) atoms. The van der Waals surface area contributed by atoms with Crippen LogP contribution in [0.25, 0.3) is 43.6 Å². The molecular weight excluding hydrogens is 428 g/mol. The summed E-state index contributed by atoms with van der Waals surface area (Å²) in [5, 5.41) is 9.59. The van der Waals surface area contributed by atoms with Gasteiger partial charge in [-0.25, -0.2) is 4.39 Å². The summed E-state index contributed by atoms with van der Waals surface area (Å²) in [6, 6.07) is 19.6. The Labute approximate surface area is 187 Å². The molecule has 0 aliphatic heterocycles. The number of hydrogen-bond donors (Lipinski definition) is 0. The van der Waals surface area contributed by atoms with E-state index < -0.39 is 23.1 Å². The summed E-state index contributed by atoms with van der Waals surface area (Å²) < 4.78 is 56.9. The molecule has 0 saturated carbocycles. The smallest absolute Gasteiger partial charge is 0.206 e. The zero-order chi connectivity index (χ0) is 23.5. The van der Waals surface area contributed by atoms with Gasteiger partial charge >= 0.3 is 6.18 Å². The van der Waals surface area contributed by atoms with E-state index >= 15 is 4.39 Å². The lowest BCUT2D eigenvalue weighted by Gasteiger charge is -2.23. The predicted octanol–water partition coefficient (Wildman–Crippen LogP) is 8.06. The van der Waals surface area contributed by atoms with Crippen molar-refractivity contribution in [2.45, 2.75) is 32.4 Å². The third-order valence-corrected chi connectivity index (χ3v) is 5.94. The van der Waals surface area contributed by atoms with Gasteiger partial charge in [0.15, 0.2) is 5.69 Å². The third kappa shape index (κ3) is 3.50. The highest BCUT2D eigenvalue weighted by Crippen LogP contribution is 2.41. The number of aromatic nitrogens is 2. The number of nitrogens with zero attached hydrogens (tertiary/aromatic N) is 2. The second-order valence-electron chi connectivity index (χ2n) is 9.22. The predicted molar refractivity (Wildman–Crippen MR) is 124 cm³/mol. The van der Waals surface area contributed by atoms with E-state index in [-0.39, 0.29) is 21.9 Å². The topological polar surface area (TPSA) is 25.8 Å². The van der Waals surface area contributed by atoms with E-state index in [9.17, 15) is 13.2 Å². The summed E-state index contributed by atoms with van der Waals surface area (Å²) in [6.45, 7) is 6.22. The maximum Gasteiger partial charge on any atom is 0.435 e. The Morgan fingerprint density at radius 3 is 1.94 bits per heavy atom. The van der Waals surface area contributed by atoms with Crippen LogP contribution < -0.4 is 0 Å². The fourth-order valence-corrected chi connectivity index (χ4v) is 4.40. The van der Waals surface area contributed by atoms with E-state index in [1.54, 1.807) is 24.3 Å². The van der Waals surface area contributed by atoms with Crippen molar-refractivity contribution in [1.82, 2.24) is 10.2 Å². The second-order valence-corrected chi connectivity index (χ2v) is 9.22. The van der Waals surface area contributed by atoms with Crippen LogP contribution in [0.15, 0.2) is 66.7 Å². The highest BCUT2D eigenvalue weighted by atomic mass is 19.4. The van der Waals surface area contributed by atoms with Crippen molar-refractivity contribution in [3.63, 3.8) is 0 Å². The van der Waals surface area contributed by atoms with E-state index in [0.717, 1.165) is 16.3 Å². The maximum absolute atomic E-state index is 15.5. The maximum atomic E-state index is 15.5. The van der Waals surface area contributed by atoms with Crippen molar-refractivity contribution in [1.29, 1.82) is 0 Å². The molecule has 0 amide bonds. The van der Waals surface area contributed by atoms with Gasteiger partial charge in [-0.2, -0.15) is 13.2 Å². The molecule has 0 aliphatic rings. The molecule has 2 nitrogen and oxygen atoms in total. The molecule has 0 fully saturated rings. The summed E-state index contributed by atoms with van der Waals surface area (Å²) in [5.41, 5.74) is 0.286. The van der Waals surface area contributed by atoms with Crippen molar-refractivity contribution in [2.75, 3.05) is 0 Å². The first kappa shape index (κ1) is 21.3. The fourth-order valence-electron chi connectivity index (χ4n) is 4.40. The largest absolute Gasteiger partial charge is 0.435 e. The lowest BCUT2D eigenvalue weighted by molar-refractivity contribution is -0.140. The molecule has 0 unspecified atom stereocenters. The van der Waals surface area contributed by atoms with Crippen molar-refractivity contribution in [3.05, 3.63) is 83.8 Å². The average molecular weight is 448 g/mol. The summed E-state index contributed by atoms with van der Waals surface area (Å²) >= 11 is 0. The summed E-state index contributed by atoms with van der Waals surface area (Å²) in [4.78, 5) is 0. The minimum atomic E-state index is -4.84. The molecule has 5 rings (SSSR count). The standard InChI is InChI=1S/C27H20F4N2/c1-26(2,3)21-14-17(12-15-8-4-6-10-18(15)21)24-20-13-16-9-5-7-11-19(16)23(28)22(20)25(33-32-24)27(29,30)31/h4-14H,1-3H3. The van der Waals surface area contributed by atoms with E-state index in [0.29, 0.717) is 10.9 Å². The zero-order valence-corrected chi connectivity index (χ0v) is 18.3. The number of benzene rings is 4. The van der Waals surface area contributed by atoms with Crippen LogP contribution >= 0.6 is 0 Å². The van der Waals surface area contributed by atoms with Gasteiger partial charge in [0.2, 0.25) is 0 Å². The molecule has 0 saturated heterocycles. The number of halogens is 4. The van der Waals surface area contributed by atoms with E-state index in [2.05, 4.69) is 31.0 Å². The Hall–Kier alpha value is -3.54. The lowest BCUT2D eigenvalue weighted by Crippen LogP contribution is -2.13. The first-order valence-corrected chi connectivity index (χ1v) is 10.5. The quantitative estimate of drug-likeness (QED) is 0.191. The van der Waals surface area contributed by atoms with Crippen LogP contribution in [-0.4, -0.2) is 10.2 Å². The van der Waals surface area contributed by atoms with Crippen LogP contribution in [0.2, 0.25) is 0 Å². The van der Waals surface area contributed by atoms with Gasteiger partial charge in [-0.3, -0.25) is 0 Å². The van der Waals surface area contributed by atoms with Gasteiger partial charge in [0.25, 0.3) is 0 Å². The van der Waals surface area contributed by atoms with Gasteiger partial charge in [0.1, 0.15) is 11.5 Å². The molecule has 166 valence electrons. The molecule has 0 N–H and O–H groups in total. The summed E-state index contributed by atoms with van der Waals surface area (Å²) in [7, 11) is 0. The fraction of sp³-hybridized carbons (Fsp3) is 0.185. The molecule has 1 heterocycles. The minimum absolute atomic E-state index is 0.0867. The van der Waals surface area contributed by atoms with E-state index in [1.165, 1.54) is 6.07 Å². The Bertz CT molecular complexity index is 1550. The molecule has 4 aromatic carbocycles. The third-order valence-electron chi connectivity index (χ3n) is 5.94. The van der Waals surface area contributed by atoms with Crippen molar-refractivity contribution in [2.24, 2.45) is 0 Å². The van der Waals surface area contributed by atoms with Crippen LogP contribution in [0.1, 0.15) is 32.0 Å². The molecule has 6 heteroatoms. The van der Waals surface area contributed by atoms with Crippen molar-refractivity contribution >= 4 is 32.3 Å². The molecule has 0 atom stereocenters. The van der Waals surface area contributed by atoms with Crippen LogP contribution in [0.4, 0.5) is 17.6 Å². The van der Waals surface area contributed by atoms with Crippen LogP contribution in [0, 0.1) is 5.82 Å². The van der Waals surface area contributed by atoms with Gasteiger partial charge in [-0.05, 0) is 45.3 Å². The Balaban J connectivity index is 1.93. The first-order valence-electron chi connectivity index (χ1n) is 10.5. The van der Waals surface area contributed by atoms with Crippen molar-refractivity contribution in [3.8, 4) is 11.3 Å². The summed E-state index contributed by atoms with van der Waals surface area (Å²) in [5.74, 6) is -0.941. The van der Waals surface area contributed by atoms with Gasteiger partial charge in [0.05, 0.1) is 5.39 Å². The highest BCUT2D eigenvalue weighted by molar-refractivity contribution is 6.06. The van der Waals surface area contributed by atoms with Crippen molar-refractivity contribution < 1.29 is 17.6 Å².